The first-order chi connectivity index (χ1) is 22.4. The second-order valence-electron chi connectivity index (χ2n) is 12.9. The van der Waals surface area contributed by atoms with E-state index in [9.17, 15) is 14.4 Å². The highest BCUT2D eigenvalue weighted by molar-refractivity contribution is 7.14. The van der Waals surface area contributed by atoms with Crippen LogP contribution in [-0.2, 0) is 25.5 Å². The molecule has 3 aliphatic heterocycles. The molecule has 0 radical (unpaired) electrons. The van der Waals surface area contributed by atoms with Crippen molar-refractivity contribution in [1.82, 2.24) is 20.5 Å². The predicted octanol–water partition coefficient (Wildman–Crippen LogP) is 4.74. The number of nitrogens with one attached hydrogen (secondary N) is 3. The van der Waals surface area contributed by atoms with Crippen LogP contribution in [0.15, 0.2) is 72.1 Å². The van der Waals surface area contributed by atoms with E-state index in [1.54, 1.807) is 0 Å². The van der Waals surface area contributed by atoms with Gasteiger partial charge >= 0.3 is 0 Å². The molecule has 3 aliphatic rings. The van der Waals surface area contributed by atoms with Gasteiger partial charge in [0.05, 0.1) is 17.7 Å². The lowest BCUT2D eigenvalue weighted by Gasteiger charge is -2.40. The van der Waals surface area contributed by atoms with Crippen LogP contribution in [0, 0.1) is 18.3 Å². The number of nitrogens with zero attached hydrogens (tertiary/aromatic N) is 2. The number of rotatable bonds is 6. The number of allylic oxidation sites excluding steroid dienone is 2. The van der Waals surface area contributed by atoms with Crippen LogP contribution in [0.4, 0.5) is 5.13 Å². The summed E-state index contributed by atoms with van der Waals surface area (Å²) in [6, 6.07) is 17.3. The van der Waals surface area contributed by atoms with Crippen molar-refractivity contribution in [3.8, 4) is 11.3 Å². The van der Waals surface area contributed by atoms with Crippen molar-refractivity contribution in [2.75, 3.05) is 38.2 Å². The normalized spacial score (nSPS) is 24.5. The summed E-state index contributed by atoms with van der Waals surface area (Å²) in [5.74, 6) is -0.185. The van der Waals surface area contributed by atoms with Crippen molar-refractivity contribution in [2.45, 2.75) is 57.5 Å². The second kappa shape index (κ2) is 14.7. The number of piperidine rings is 1. The van der Waals surface area contributed by atoms with Crippen LogP contribution in [0.3, 0.4) is 0 Å². The SMILES string of the molecule is Cc1ccc(-c2csc(NC(=O)CN3CC[C@H]4NC(=O)[C@@H](Cc5ccccc5)NC(=O)C5(C/C=C/C[C@H]4C3)CCOCC5)n2)cc1. The van der Waals surface area contributed by atoms with E-state index in [-0.39, 0.29) is 36.2 Å². The minimum Gasteiger partial charge on any atom is -0.381 e. The smallest absolute Gasteiger partial charge is 0.243 e. The Morgan fingerprint density at radius 2 is 1.85 bits per heavy atom. The summed E-state index contributed by atoms with van der Waals surface area (Å²) < 4.78 is 5.61. The van der Waals surface area contributed by atoms with Gasteiger partial charge in [0.15, 0.2) is 5.13 Å². The maximum absolute atomic E-state index is 13.8. The molecule has 3 atom stereocenters. The molecule has 3 amide bonds. The number of hydrogen-bond donors (Lipinski definition) is 3. The van der Waals surface area contributed by atoms with Gasteiger partial charge in [-0.1, -0.05) is 72.3 Å². The van der Waals surface area contributed by atoms with Gasteiger partial charge in [-0.05, 0) is 50.5 Å². The van der Waals surface area contributed by atoms with Crippen LogP contribution >= 0.6 is 11.3 Å². The summed E-state index contributed by atoms with van der Waals surface area (Å²) >= 11 is 1.42. The molecule has 9 nitrogen and oxygen atoms in total. The summed E-state index contributed by atoms with van der Waals surface area (Å²) in [6.07, 6.45) is 8.07. The highest BCUT2D eigenvalue weighted by atomic mass is 32.1. The minimum absolute atomic E-state index is 0.0564. The van der Waals surface area contributed by atoms with Gasteiger partial charge in [-0.2, -0.15) is 0 Å². The number of benzene rings is 2. The summed E-state index contributed by atoms with van der Waals surface area (Å²) in [4.78, 5) is 47.5. The van der Waals surface area contributed by atoms with Gasteiger partial charge in [-0.15, -0.1) is 11.3 Å². The lowest BCUT2D eigenvalue weighted by molar-refractivity contribution is -0.140. The monoisotopic (exact) mass is 641 g/mol. The number of aromatic nitrogens is 1. The fourth-order valence-corrected chi connectivity index (χ4v) is 7.49. The van der Waals surface area contributed by atoms with Gasteiger partial charge in [0, 0.05) is 49.7 Å². The molecular weight excluding hydrogens is 598 g/mol. The van der Waals surface area contributed by atoms with Crippen LogP contribution in [0.2, 0.25) is 0 Å². The fraction of sp³-hybridized carbons (Fsp3) is 0.444. The number of fused-ring (bicyclic) bond motifs is 1. The molecule has 6 rings (SSSR count). The van der Waals surface area contributed by atoms with Gasteiger partial charge < -0.3 is 20.7 Å². The van der Waals surface area contributed by atoms with E-state index in [1.165, 1.54) is 16.9 Å². The van der Waals surface area contributed by atoms with E-state index in [1.807, 2.05) is 47.8 Å². The number of likely N-dealkylation sites (tertiary alicyclic amines) is 1. The third-order valence-electron chi connectivity index (χ3n) is 9.56. The van der Waals surface area contributed by atoms with Crippen LogP contribution < -0.4 is 16.0 Å². The molecule has 46 heavy (non-hydrogen) atoms. The lowest BCUT2D eigenvalue weighted by atomic mass is 9.75. The highest BCUT2D eigenvalue weighted by Crippen LogP contribution is 2.36. The maximum Gasteiger partial charge on any atom is 0.243 e. The molecule has 3 aromatic rings. The lowest BCUT2D eigenvalue weighted by Crippen LogP contribution is -2.58. The van der Waals surface area contributed by atoms with Gasteiger partial charge in [0.25, 0.3) is 0 Å². The average Bonchev–Trinajstić information content (AvgIpc) is 3.52. The Morgan fingerprint density at radius 3 is 2.63 bits per heavy atom. The Hall–Kier alpha value is -3.86. The number of aryl methyl sites for hydroxylation is 1. The molecule has 0 aliphatic carbocycles. The van der Waals surface area contributed by atoms with Crippen molar-refractivity contribution in [1.29, 1.82) is 0 Å². The Bertz CT molecular complexity index is 1530. The largest absolute Gasteiger partial charge is 0.381 e. The van der Waals surface area contributed by atoms with Crippen LogP contribution in [0.5, 0.6) is 0 Å². The van der Waals surface area contributed by atoms with Gasteiger partial charge in [0.1, 0.15) is 6.04 Å². The zero-order valence-electron chi connectivity index (χ0n) is 26.4. The summed E-state index contributed by atoms with van der Waals surface area (Å²) in [5.41, 5.74) is 3.47. The first kappa shape index (κ1) is 32.1. The molecule has 2 fully saturated rings. The van der Waals surface area contributed by atoms with Crippen LogP contribution in [-0.4, -0.2) is 72.5 Å². The van der Waals surface area contributed by atoms with E-state index < -0.39 is 11.5 Å². The minimum atomic E-state index is -0.675. The third kappa shape index (κ3) is 7.92. The molecule has 242 valence electrons. The number of anilines is 1. The van der Waals surface area contributed by atoms with Gasteiger partial charge in [0.2, 0.25) is 17.7 Å². The van der Waals surface area contributed by atoms with E-state index in [0.29, 0.717) is 57.1 Å². The molecule has 2 aromatic carbocycles. The molecule has 3 N–H and O–H groups in total. The molecule has 1 aromatic heterocycles. The van der Waals surface area contributed by atoms with E-state index in [0.717, 1.165) is 29.7 Å². The van der Waals surface area contributed by atoms with Crippen molar-refractivity contribution in [2.24, 2.45) is 11.3 Å². The van der Waals surface area contributed by atoms with E-state index in [2.05, 4.69) is 57.0 Å². The number of hydrogen-bond acceptors (Lipinski definition) is 7. The Kier molecular flexibility index (Phi) is 10.3. The average molecular weight is 642 g/mol. The third-order valence-corrected chi connectivity index (χ3v) is 10.3. The predicted molar refractivity (Wildman–Crippen MR) is 180 cm³/mol. The number of thiazole rings is 1. The first-order valence-electron chi connectivity index (χ1n) is 16.3. The molecule has 1 spiro atoms. The zero-order chi connectivity index (χ0) is 31.9. The molecule has 2 saturated heterocycles. The van der Waals surface area contributed by atoms with Crippen LogP contribution in [0.25, 0.3) is 11.3 Å². The zero-order valence-corrected chi connectivity index (χ0v) is 27.2. The van der Waals surface area contributed by atoms with Crippen molar-refractivity contribution in [3.63, 3.8) is 0 Å². The molecule has 0 unspecified atom stereocenters. The second-order valence-corrected chi connectivity index (χ2v) is 13.7. The molecule has 4 heterocycles. The van der Waals surface area contributed by atoms with Crippen LogP contribution in [0.1, 0.15) is 43.2 Å². The summed E-state index contributed by atoms with van der Waals surface area (Å²) in [6.45, 7) is 4.75. The number of carbonyl (C=O) groups is 3. The van der Waals surface area contributed by atoms with Crippen molar-refractivity contribution < 1.29 is 19.1 Å². The summed E-state index contributed by atoms with van der Waals surface area (Å²) in [5, 5.41) is 12.0. The fourth-order valence-electron chi connectivity index (χ4n) is 6.75. The molecule has 10 heteroatoms. The molecule has 0 saturated carbocycles. The molecule has 0 bridgehead atoms. The standard InChI is InChI=1S/C36H43N5O4S/c1-25-10-12-27(13-11-25)31-24-46-35(39-31)40-32(42)23-41-18-14-29-28(22-41)9-5-6-15-36(16-19-45-20-17-36)34(44)38-30(33(43)37-29)21-26-7-3-2-4-8-26/h2-8,10-13,24,28-30H,9,14-23H2,1H3,(H,37,43)(H,38,44)(H,39,40,42)/b6-5+/t28-,29+,30+/m0/s1. The Labute approximate surface area is 274 Å². The quantitative estimate of drug-likeness (QED) is 0.336. The van der Waals surface area contributed by atoms with Gasteiger partial charge in [-0.3, -0.25) is 19.3 Å². The van der Waals surface area contributed by atoms with E-state index >= 15 is 0 Å². The topological polar surface area (TPSA) is 113 Å². The first-order valence-corrected chi connectivity index (χ1v) is 17.2. The Balaban J connectivity index is 1.13. The number of ether oxygens (including phenoxy) is 1. The number of amides is 3. The molecular formula is C36H43N5O4S. The number of carbonyl (C=O) groups excluding carboxylic acids is 3. The maximum atomic E-state index is 13.8. The van der Waals surface area contributed by atoms with Crippen molar-refractivity contribution >= 4 is 34.2 Å². The highest BCUT2D eigenvalue weighted by Gasteiger charge is 2.41. The van der Waals surface area contributed by atoms with Gasteiger partial charge in [-0.25, -0.2) is 4.98 Å². The summed E-state index contributed by atoms with van der Waals surface area (Å²) in [7, 11) is 0. The van der Waals surface area contributed by atoms with E-state index in [4.69, 9.17) is 4.74 Å². The van der Waals surface area contributed by atoms with Crippen molar-refractivity contribution in [3.05, 3.63) is 83.3 Å². The Morgan fingerprint density at radius 1 is 1.07 bits per heavy atom.